The number of phenols is 1. The molecular formula is C42H54N2O13. The summed E-state index contributed by atoms with van der Waals surface area (Å²) in [5, 5.41) is 39.8. The quantitative estimate of drug-likeness (QED) is 0.269. The molecule has 310 valence electrons. The van der Waals surface area contributed by atoms with Gasteiger partial charge in [0.1, 0.15) is 29.0 Å². The molecule has 5 bridgehead atoms. The van der Waals surface area contributed by atoms with Gasteiger partial charge in [-0.25, -0.2) is 0 Å². The maximum absolute atomic E-state index is 14.5. The number of esters is 1. The van der Waals surface area contributed by atoms with Crippen LogP contribution in [-0.2, 0) is 28.5 Å². The molecule has 4 aliphatic heterocycles. The summed E-state index contributed by atoms with van der Waals surface area (Å²) in [6, 6.07) is 0. The Labute approximate surface area is 332 Å². The van der Waals surface area contributed by atoms with Gasteiger partial charge in [0, 0.05) is 68.9 Å². The maximum Gasteiger partial charge on any atom is 0.312 e. The number of ether oxygens (including phenoxy) is 5. The molecule has 0 saturated carbocycles. The summed E-state index contributed by atoms with van der Waals surface area (Å²) in [5.41, 5.74) is -1.73. The number of methoxy groups -OCH3 is 1. The number of ketones is 3. The highest BCUT2D eigenvalue weighted by molar-refractivity contribution is 6.32. The van der Waals surface area contributed by atoms with Gasteiger partial charge >= 0.3 is 11.8 Å². The summed E-state index contributed by atoms with van der Waals surface area (Å²) in [6.45, 7) is 13.0. The van der Waals surface area contributed by atoms with Gasteiger partial charge in [0.15, 0.2) is 0 Å². The fraction of sp³-hybridized carbons (Fsp3) is 0.548. The smallest absolute Gasteiger partial charge is 0.312 e. The minimum atomic E-state index is -2.08. The summed E-state index contributed by atoms with van der Waals surface area (Å²) in [4.78, 5) is 69.1. The summed E-state index contributed by atoms with van der Waals surface area (Å²) in [6.07, 6.45) is 4.60. The number of carbonyl (C=O) groups excluding carboxylic acids is 5. The first-order valence-electron chi connectivity index (χ1n) is 19.2. The van der Waals surface area contributed by atoms with Crippen LogP contribution < -0.4 is 15.4 Å². The first kappa shape index (κ1) is 43.3. The molecule has 4 heterocycles. The predicted molar refractivity (Wildman–Crippen MR) is 205 cm³/mol. The Bertz CT molecular complexity index is 1930. The summed E-state index contributed by atoms with van der Waals surface area (Å²) in [7, 11) is 1.42. The number of benzene rings is 1. The molecule has 1 unspecified atom stereocenters. The molecular weight excluding hydrogens is 740 g/mol. The molecule has 10 atom stereocenters. The molecule has 1 aliphatic carbocycles. The Morgan fingerprint density at radius 3 is 2.32 bits per heavy atom. The minimum absolute atomic E-state index is 0.00609. The van der Waals surface area contributed by atoms with Gasteiger partial charge in [-0.3, -0.25) is 24.0 Å². The normalized spacial score (nSPS) is 32.5. The van der Waals surface area contributed by atoms with E-state index in [2.05, 4.69) is 10.6 Å². The van der Waals surface area contributed by atoms with E-state index in [1.807, 2.05) is 0 Å². The lowest BCUT2D eigenvalue weighted by atomic mass is 9.78. The Morgan fingerprint density at radius 1 is 0.982 bits per heavy atom. The Balaban J connectivity index is 1.64. The number of allylic oxidation sites excluding steroid dienone is 4. The number of aromatic hydroxyl groups is 1. The number of fused-ring (bicyclic) bond motifs is 14. The van der Waals surface area contributed by atoms with Crippen LogP contribution in [0.3, 0.4) is 0 Å². The van der Waals surface area contributed by atoms with Gasteiger partial charge in [0.2, 0.25) is 11.6 Å². The van der Waals surface area contributed by atoms with E-state index in [1.54, 1.807) is 39.8 Å². The van der Waals surface area contributed by atoms with Gasteiger partial charge in [-0.15, -0.1) is 0 Å². The van der Waals surface area contributed by atoms with Crippen molar-refractivity contribution in [1.29, 1.82) is 0 Å². The van der Waals surface area contributed by atoms with Crippen molar-refractivity contribution >= 4 is 29.2 Å². The van der Waals surface area contributed by atoms with Crippen LogP contribution >= 0.6 is 0 Å². The van der Waals surface area contributed by atoms with Gasteiger partial charge in [0.05, 0.1) is 47.4 Å². The van der Waals surface area contributed by atoms with Crippen molar-refractivity contribution in [1.82, 2.24) is 10.6 Å². The van der Waals surface area contributed by atoms with Crippen molar-refractivity contribution in [3.63, 3.8) is 0 Å². The topological polar surface area (TPSA) is 216 Å². The van der Waals surface area contributed by atoms with Crippen molar-refractivity contribution < 1.29 is 63.0 Å². The number of hydrogen-bond donors (Lipinski definition) is 5. The molecule has 1 aromatic carbocycles. The largest absolute Gasteiger partial charge is 0.507 e. The first-order valence-corrected chi connectivity index (χ1v) is 19.2. The highest BCUT2D eigenvalue weighted by Crippen LogP contribution is 2.48. The van der Waals surface area contributed by atoms with Crippen molar-refractivity contribution in [2.75, 3.05) is 20.3 Å². The average molecular weight is 795 g/mol. The Morgan fingerprint density at radius 2 is 1.68 bits per heavy atom. The maximum atomic E-state index is 14.5. The lowest BCUT2D eigenvalue weighted by molar-refractivity contribution is -0.160. The van der Waals surface area contributed by atoms with E-state index in [1.165, 1.54) is 53.2 Å². The van der Waals surface area contributed by atoms with Crippen molar-refractivity contribution in [2.24, 2.45) is 23.7 Å². The SMILES string of the molecule is CO[C@H]1C=CO[C@@]2(C)Oc3c(C)c(O)c4c(c3C2=O)C(=O)C(NCC2CCCO2)=C(NC(=O)C(C)=CC=C[C@H](C)[C@H](O)[C@@H](C)[C@H](O)[C@H](C)[C@H](OC(C)=O)[C@@H]1C)C4=O. The zero-order chi connectivity index (χ0) is 42.1. The van der Waals surface area contributed by atoms with E-state index in [0.29, 0.717) is 13.0 Å². The molecule has 0 spiro atoms. The van der Waals surface area contributed by atoms with Gasteiger partial charge in [-0.05, 0) is 32.8 Å². The summed E-state index contributed by atoms with van der Waals surface area (Å²) in [5.74, 6) is -9.25. The highest BCUT2D eigenvalue weighted by atomic mass is 16.7. The molecule has 15 heteroatoms. The van der Waals surface area contributed by atoms with Gasteiger partial charge < -0.3 is 49.6 Å². The van der Waals surface area contributed by atoms with E-state index in [-0.39, 0.29) is 40.8 Å². The number of Topliss-reactive ketones (excluding diaryl/α,β-unsaturated/α-hetero) is 3. The van der Waals surface area contributed by atoms with E-state index >= 15 is 0 Å². The molecule has 0 aromatic heterocycles. The zero-order valence-electron chi connectivity index (χ0n) is 33.8. The Hall–Kier alpha value is -4.83. The van der Waals surface area contributed by atoms with Crippen LogP contribution in [-0.4, -0.2) is 101 Å². The predicted octanol–water partition coefficient (Wildman–Crippen LogP) is 3.73. The number of aliphatic hydroxyl groups excluding tert-OH is 2. The molecule has 1 saturated heterocycles. The standard InChI is InChI=1S/C42H54N2O13/c1-19-12-10-13-20(2)41(52)44-32-31(43-18-26-14-11-16-54-26)36(49)28-29(37(32)50)35(48)24(6)39-30(28)40(51)42(8,57-39)55-17-15-27(53-9)21(3)38(56-25(7)45)23(5)34(47)22(4)33(19)46/h10,12-13,15,17,19,21-23,26-27,33-34,38,43,46-48H,11,14,16,18H2,1-9H3,(H,44,52)/t19-,21+,22+,23-,26?,27-,33-,34-,38+,42-/m0/s1. The van der Waals surface area contributed by atoms with Gasteiger partial charge in [0.25, 0.3) is 11.7 Å². The number of amides is 1. The van der Waals surface area contributed by atoms with Crippen LogP contribution in [0, 0.1) is 30.6 Å². The van der Waals surface area contributed by atoms with E-state index in [4.69, 9.17) is 23.7 Å². The second kappa shape index (κ2) is 17.3. The van der Waals surface area contributed by atoms with Crippen LogP contribution in [0.1, 0.15) is 97.9 Å². The lowest BCUT2D eigenvalue weighted by Gasteiger charge is -2.38. The molecule has 5 N–H and O–H groups in total. The Kier molecular flexibility index (Phi) is 13.2. The van der Waals surface area contributed by atoms with E-state index < -0.39 is 106 Å². The molecule has 1 amide bonds. The molecule has 15 nitrogen and oxygen atoms in total. The van der Waals surface area contributed by atoms with Crippen molar-refractivity contribution in [3.8, 4) is 11.5 Å². The second-order valence-electron chi connectivity index (χ2n) is 15.6. The van der Waals surface area contributed by atoms with E-state index in [0.717, 1.165) is 6.42 Å². The van der Waals surface area contributed by atoms with Crippen LogP contribution in [0.4, 0.5) is 0 Å². The van der Waals surface area contributed by atoms with Crippen molar-refractivity contribution in [3.05, 3.63) is 69.8 Å². The fourth-order valence-electron chi connectivity index (χ4n) is 7.88. The van der Waals surface area contributed by atoms with Crippen LogP contribution in [0.2, 0.25) is 0 Å². The molecule has 57 heavy (non-hydrogen) atoms. The highest BCUT2D eigenvalue weighted by Gasteiger charge is 2.53. The van der Waals surface area contributed by atoms with Crippen LogP contribution in [0.5, 0.6) is 11.5 Å². The zero-order valence-corrected chi connectivity index (χ0v) is 33.8. The first-order chi connectivity index (χ1) is 26.8. The molecule has 5 aliphatic rings. The third-order valence-corrected chi connectivity index (χ3v) is 11.5. The van der Waals surface area contributed by atoms with Crippen LogP contribution in [0.15, 0.2) is 47.5 Å². The minimum Gasteiger partial charge on any atom is -0.507 e. The molecule has 6 rings (SSSR count). The van der Waals surface area contributed by atoms with Crippen molar-refractivity contribution in [2.45, 2.75) is 105 Å². The lowest BCUT2D eigenvalue weighted by Crippen LogP contribution is -2.46. The number of hydrogen-bond acceptors (Lipinski definition) is 14. The number of rotatable bonds is 5. The molecule has 1 aromatic rings. The monoisotopic (exact) mass is 794 g/mol. The average Bonchev–Trinajstić information content (AvgIpc) is 3.79. The third-order valence-electron chi connectivity index (χ3n) is 11.5. The number of carbonyl (C=O) groups is 5. The number of aliphatic hydroxyl groups is 2. The second-order valence-corrected chi connectivity index (χ2v) is 15.6. The third kappa shape index (κ3) is 8.43. The molecule has 0 radical (unpaired) electrons. The van der Waals surface area contributed by atoms with Crippen LogP contribution in [0.25, 0.3) is 0 Å². The number of nitrogens with one attached hydrogen (secondary N) is 2. The molecule has 1 fully saturated rings. The summed E-state index contributed by atoms with van der Waals surface area (Å²) < 4.78 is 29.1. The van der Waals surface area contributed by atoms with E-state index in [9.17, 15) is 39.3 Å². The number of phenolic OH excluding ortho intramolecular Hbond substituents is 1. The summed E-state index contributed by atoms with van der Waals surface area (Å²) >= 11 is 0. The van der Waals surface area contributed by atoms with Gasteiger partial charge in [-0.1, -0.05) is 45.9 Å². The fourth-order valence-corrected chi connectivity index (χ4v) is 7.88. The van der Waals surface area contributed by atoms with Gasteiger partial charge in [-0.2, -0.15) is 0 Å².